The summed E-state index contributed by atoms with van der Waals surface area (Å²) in [6, 6.07) is 26.4. The number of hydrogen-bond donors (Lipinski definition) is 0. The maximum absolute atomic E-state index is 13.8. The van der Waals surface area contributed by atoms with Crippen LogP contribution in [-0.4, -0.2) is 17.1 Å². The lowest BCUT2D eigenvalue weighted by Crippen LogP contribution is -2.09. The second-order valence-electron chi connectivity index (χ2n) is 8.30. The SMILES string of the molecule is CCOC(=O)c1c(-c2ccccc2)c(C(C)C)n(Cc2ccccc2)c1-c1ccc(F)cc1. The van der Waals surface area contributed by atoms with Crippen LogP contribution < -0.4 is 0 Å². The molecule has 0 amide bonds. The minimum absolute atomic E-state index is 0.131. The highest BCUT2D eigenvalue weighted by molar-refractivity contribution is 6.05. The first-order chi connectivity index (χ1) is 16.0. The van der Waals surface area contributed by atoms with Crippen LogP contribution in [-0.2, 0) is 11.3 Å². The van der Waals surface area contributed by atoms with E-state index in [-0.39, 0.29) is 24.3 Å². The van der Waals surface area contributed by atoms with Crippen LogP contribution in [0.25, 0.3) is 22.4 Å². The smallest absolute Gasteiger partial charge is 0.340 e. The molecule has 0 atom stereocenters. The first kappa shape index (κ1) is 22.5. The molecule has 0 saturated carbocycles. The standard InChI is InChI=1S/C29H28FNO2/c1-4-33-29(32)26-25(22-13-9-6-10-14-22)27(20(2)3)31(19-21-11-7-5-8-12-21)28(26)23-15-17-24(30)18-16-23/h5-18,20H,4,19H2,1-3H3. The van der Waals surface area contributed by atoms with Crippen LogP contribution in [0, 0.1) is 5.82 Å². The molecule has 0 aliphatic carbocycles. The Kier molecular flexibility index (Phi) is 6.74. The summed E-state index contributed by atoms with van der Waals surface area (Å²) in [6.45, 7) is 6.93. The van der Waals surface area contributed by atoms with Crippen LogP contribution in [0.4, 0.5) is 4.39 Å². The first-order valence-electron chi connectivity index (χ1n) is 11.3. The third-order valence-electron chi connectivity index (χ3n) is 5.69. The third-order valence-corrected chi connectivity index (χ3v) is 5.69. The van der Waals surface area contributed by atoms with Crippen molar-refractivity contribution in [3.63, 3.8) is 0 Å². The van der Waals surface area contributed by atoms with Gasteiger partial charge >= 0.3 is 5.97 Å². The maximum Gasteiger partial charge on any atom is 0.340 e. The third kappa shape index (κ3) is 4.61. The number of ether oxygens (including phenoxy) is 1. The highest BCUT2D eigenvalue weighted by atomic mass is 19.1. The predicted octanol–water partition coefficient (Wildman–Crippen LogP) is 7.31. The molecule has 0 unspecified atom stereocenters. The highest BCUT2D eigenvalue weighted by Gasteiger charge is 2.31. The molecule has 0 bridgehead atoms. The molecule has 0 spiro atoms. The molecule has 3 aromatic carbocycles. The van der Waals surface area contributed by atoms with E-state index in [2.05, 4.69) is 30.5 Å². The zero-order valence-electron chi connectivity index (χ0n) is 19.2. The molecule has 0 aliphatic heterocycles. The zero-order chi connectivity index (χ0) is 23.4. The van der Waals surface area contributed by atoms with E-state index in [1.165, 1.54) is 12.1 Å². The van der Waals surface area contributed by atoms with E-state index in [9.17, 15) is 9.18 Å². The van der Waals surface area contributed by atoms with Crippen molar-refractivity contribution >= 4 is 5.97 Å². The molecule has 0 saturated heterocycles. The van der Waals surface area contributed by atoms with Gasteiger partial charge in [-0.2, -0.15) is 0 Å². The number of carbonyl (C=O) groups excluding carboxylic acids is 1. The van der Waals surface area contributed by atoms with Gasteiger partial charge in [0.25, 0.3) is 0 Å². The average molecular weight is 442 g/mol. The Morgan fingerprint density at radius 2 is 1.48 bits per heavy atom. The van der Waals surface area contributed by atoms with Gasteiger partial charge in [-0.1, -0.05) is 74.5 Å². The summed E-state index contributed by atoms with van der Waals surface area (Å²) in [4.78, 5) is 13.4. The molecule has 33 heavy (non-hydrogen) atoms. The van der Waals surface area contributed by atoms with E-state index in [0.717, 1.165) is 33.6 Å². The summed E-state index contributed by atoms with van der Waals surface area (Å²) in [6.07, 6.45) is 0. The zero-order valence-corrected chi connectivity index (χ0v) is 19.2. The predicted molar refractivity (Wildman–Crippen MR) is 131 cm³/mol. The summed E-state index contributed by atoms with van der Waals surface area (Å²) >= 11 is 0. The molecule has 0 fully saturated rings. The van der Waals surface area contributed by atoms with Crippen molar-refractivity contribution in [2.45, 2.75) is 33.2 Å². The fourth-order valence-corrected chi connectivity index (χ4v) is 4.37. The van der Waals surface area contributed by atoms with Crippen LogP contribution >= 0.6 is 0 Å². The number of hydrogen-bond acceptors (Lipinski definition) is 2. The Hall–Kier alpha value is -3.66. The van der Waals surface area contributed by atoms with Crippen molar-refractivity contribution in [2.75, 3.05) is 6.61 Å². The van der Waals surface area contributed by atoms with Gasteiger partial charge in [-0.15, -0.1) is 0 Å². The van der Waals surface area contributed by atoms with Gasteiger partial charge in [0.15, 0.2) is 0 Å². The number of benzene rings is 3. The molecule has 0 radical (unpaired) electrons. The van der Waals surface area contributed by atoms with Crippen molar-refractivity contribution in [1.82, 2.24) is 4.57 Å². The quantitative estimate of drug-likeness (QED) is 0.282. The summed E-state index contributed by atoms with van der Waals surface area (Å²) < 4.78 is 21.6. The van der Waals surface area contributed by atoms with Crippen LogP contribution in [0.2, 0.25) is 0 Å². The fourth-order valence-electron chi connectivity index (χ4n) is 4.37. The minimum Gasteiger partial charge on any atom is -0.462 e. The van der Waals surface area contributed by atoms with Gasteiger partial charge in [-0.05, 0) is 53.8 Å². The summed E-state index contributed by atoms with van der Waals surface area (Å²) in [5.41, 5.74) is 6.05. The van der Waals surface area contributed by atoms with E-state index in [1.54, 1.807) is 12.1 Å². The Balaban J connectivity index is 2.10. The molecule has 3 nitrogen and oxygen atoms in total. The molecule has 4 rings (SSSR count). The van der Waals surface area contributed by atoms with Gasteiger partial charge in [0.1, 0.15) is 5.82 Å². The van der Waals surface area contributed by atoms with Crippen molar-refractivity contribution in [3.05, 3.63) is 108 Å². The topological polar surface area (TPSA) is 31.2 Å². The van der Waals surface area contributed by atoms with Crippen molar-refractivity contribution < 1.29 is 13.9 Å². The summed E-state index contributed by atoms with van der Waals surface area (Å²) in [5.74, 6) is -0.555. The van der Waals surface area contributed by atoms with Crippen LogP contribution in [0.5, 0.6) is 0 Å². The van der Waals surface area contributed by atoms with Crippen molar-refractivity contribution in [2.24, 2.45) is 0 Å². The summed E-state index contributed by atoms with van der Waals surface area (Å²) in [5, 5.41) is 0. The second kappa shape index (κ2) is 9.86. The van der Waals surface area contributed by atoms with Gasteiger partial charge < -0.3 is 9.30 Å². The largest absolute Gasteiger partial charge is 0.462 e. The lowest BCUT2D eigenvalue weighted by Gasteiger charge is -2.17. The number of carbonyl (C=O) groups is 1. The van der Waals surface area contributed by atoms with Crippen LogP contribution in [0.1, 0.15) is 48.3 Å². The normalized spacial score (nSPS) is 11.1. The molecule has 4 heteroatoms. The highest BCUT2D eigenvalue weighted by Crippen LogP contribution is 2.42. The van der Waals surface area contributed by atoms with E-state index in [4.69, 9.17) is 4.74 Å². The monoisotopic (exact) mass is 441 g/mol. The Labute approximate surface area is 194 Å². The molecule has 0 N–H and O–H groups in total. The number of halogens is 1. The Morgan fingerprint density at radius 3 is 2.06 bits per heavy atom. The fraction of sp³-hybridized carbons (Fsp3) is 0.207. The van der Waals surface area contributed by atoms with E-state index >= 15 is 0 Å². The van der Waals surface area contributed by atoms with E-state index in [1.807, 2.05) is 55.5 Å². The van der Waals surface area contributed by atoms with Gasteiger partial charge in [0.05, 0.1) is 17.9 Å². The van der Waals surface area contributed by atoms with E-state index < -0.39 is 0 Å². The van der Waals surface area contributed by atoms with Crippen LogP contribution in [0.15, 0.2) is 84.9 Å². The number of nitrogens with zero attached hydrogens (tertiary/aromatic N) is 1. The number of rotatable bonds is 7. The molecule has 168 valence electrons. The Morgan fingerprint density at radius 1 is 0.879 bits per heavy atom. The summed E-state index contributed by atoms with van der Waals surface area (Å²) in [7, 11) is 0. The molecule has 1 aromatic heterocycles. The van der Waals surface area contributed by atoms with Gasteiger partial charge in [-0.25, -0.2) is 9.18 Å². The Bertz CT molecular complexity index is 1230. The lowest BCUT2D eigenvalue weighted by atomic mass is 9.94. The van der Waals surface area contributed by atoms with Crippen LogP contribution in [0.3, 0.4) is 0 Å². The minimum atomic E-state index is -0.371. The molecular formula is C29H28FNO2. The molecule has 4 aromatic rings. The molecule has 0 aliphatic rings. The maximum atomic E-state index is 13.8. The van der Waals surface area contributed by atoms with Gasteiger partial charge in [0.2, 0.25) is 0 Å². The van der Waals surface area contributed by atoms with Gasteiger partial charge in [-0.3, -0.25) is 0 Å². The number of aromatic nitrogens is 1. The molecular weight excluding hydrogens is 413 g/mol. The second-order valence-corrected chi connectivity index (χ2v) is 8.30. The first-order valence-corrected chi connectivity index (χ1v) is 11.3. The van der Waals surface area contributed by atoms with Crippen molar-refractivity contribution in [1.29, 1.82) is 0 Å². The lowest BCUT2D eigenvalue weighted by molar-refractivity contribution is 0.0528. The van der Waals surface area contributed by atoms with Crippen molar-refractivity contribution in [3.8, 4) is 22.4 Å². The molecule has 1 heterocycles. The average Bonchev–Trinajstić information content (AvgIpc) is 3.16. The van der Waals surface area contributed by atoms with E-state index in [0.29, 0.717) is 12.1 Å². The van der Waals surface area contributed by atoms with Gasteiger partial charge in [0, 0.05) is 17.8 Å². The number of esters is 1.